The predicted molar refractivity (Wildman–Crippen MR) is 97.2 cm³/mol. The lowest BCUT2D eigenvalue weighted by molar-refractivity contribution is -0.116. The van der Waals surface area contributed by atoms with E-state index in [2.05, 4.69) is 10.6 Å². The Balaban J connectivity index is 2.09. The van der Waals surface area contributed by atoms with Gasteiger partial charge in [0.05, 0.1) is 14.2 Å². The van der Waals surface area contributed by atoms with E-state index in [0.29, 0.717) is 11.5 Å². The second-order valence-corrected chi connectivity index (χ2v) is 5.74. The second kappa shape index (κ2) is 7.73. The Morgan fingerprint density at radius 2 is 1.58 bits per heavy atom. The van der Waals surface area contributed by atoms with E-state index in [0.717, 1.165) is 22.5 Å². The standard InChI is InChI=1S/C19H24N2O3/c1-12-6-8-15(9-7-12)21-19(22)14(3)20-16-11-18(24-5)17(23-4)10-13(16)2/h6-11,14,20H,1-5H3,(H,21,22)/t14-/m0/s1. The molecule has 2 N–H and O–H groups in total. The SMILES string of the molecule is COc1cc(C)c(N[C@@H](C)C(=O)Nc2ccc(C)cc2)cc1OC. The monoisotopic (exact) mass is 328 g/mol. The van der Waals surface area contributed by atoms with Crippen LogP contribution in [0.4, 0.5) is 11.4 Å². The van der Waals surface area contributed by atoms with Crippen molar-refractivity contribution in [3.05, 3.63) is 47.5 Å². The molecule has 0 radical (unpaired) electrons. The van der Waals surface area contributed by atoms with Crippen LogP contribution in [0.15, 0.2) is 36.4 Å². The van der Waals surface area contributed by atoms with E-state index in [-0.39, 0.29) is 5.91 Å². The summed E-state index contributed by atoms with van der Waals surface area (Å²) in [5, 5.41) is 6.12. The Labute approximate surface area is 143 Å². The number of benzene rings is 2. The summed E-state index contributed by atoms with van der Waals surface area (Å²) in [4.78, 5) is 12.4. The number of hydrogen-bond acceptors (Lipinski definition) is 4. The number of rotatable bonds is 6. The van der Waals surface area contributed by atoms with E-state index < -0.39 is 6.04 Å². The van der Waals surface area contributed by atoms with Crippen molar-refractivity contribution < 1.29 is 14.3 Å². The molecule has 0 bridgehead atoms. The topological polar surface area (TPSA) is 59.6 Å². The molecule has 0 aliphatic rings. The van der Waals surface area contributed by atoms with Gasteiger partial charge in [-0.25, -0.2) is 0 Å². The number of ether oxygens (including phenoxy) is 2. The molecule has 5 heteroatoms. The zero-order valence-corrected chi connectivity index (χ0v) is 14.8. The molecule has 0 fully saturated rings. The smallest absolute Gasteiger partial charge is 0.246 e. The molecule has 0 aliphatic heterocycles. The summed E-state index contributed by atoms with van der Waals surface area (Å²) in [6.45, 7) is 5.78. The third-order valence-electron chi connectivity index (χ3n) is 3.81. The molecule has 0 saturated heterocycles. The number of methoxy groups -OCH3 is 2. The van der Waals surface area contributed by atoms with Gasteiger partial charge in [-0.15, -0.1) is 0 Å². The molecule has 0 heterocycles. The van der Waals surface area contributed by atoms with Crippen LogP contribution in [0.3, 0.4) is 0 Å². The fourth-order valence-corrected chi connectivity index (χ4v) is 2.32. The summed E-state index contributed by atoms with van der Waals surface area (Å²) in [7, 11) is 3.19. The molecule has 2 aromatic rings. The minimum absolute atomic E-state index is 0.104. The predicted octanol–water partition coefficient (Wildman–Crippen LogP) is 3.76. The average molecular weight is 328 g/mol. The number of anilines is 2. The molecule has 2 aromatic carbocycles. The lowest BCUT2D eigenvalue weighted by Crippen LogP contribution is -2.32. The molecule has 0 saturated carbocycles. The van der Waals surface area contributed by atoms with Crippen molar-refractivity contribution >= 4 is 17.3 Å². The molecule has 0 aromatic heterocycles. The van der Waals surface area contributed by atoms with Gasteiger partial charge in [0.25, 0.3) is 0 Å². The molecule has 5 nitrogen and oxygen atoms in total. The number of aryl methyl sites for hydroxylation is 2. The molecule has 1 atom stereocenters. The summed E-state index contributed by atoms with van der Waals surface area (Å²) in [5.41, 5.74) is 3.74. The molecule has 24 heavy (non-hydrogen) atoms. The van der Waals surface area contributed by atoms with E-state index in [4.69, 9.17) is 9.47 Å². The van der Waals surface area contributed by atoms with Crippen LogP contribution in [-0.4, -0.2) is 26.2 Å². The fraction of sp³-hybridized carbons (Fsp3) is 0.316. The zero-order valence-electron chi connectivity index (χ0n) is 14.8. The van der Waals surface area contributed by atoms with E-state index in [1.54, 1.807) is 14.2 Å². The first-order valence-corrected chi connectivity index (χ1v) is 7.81. The molecule has 0 unspecified atom stereocenters. The Kier molecular flexibility index (Phi) is 5.68. The van der Waals surface area contributed by atoms with Crippen molar-refractivity contribution in [1.82, 2.24) is 0 Å². The van der Waals surface area contributed by atoms with Crippen molar-refractivity contribution in [2.45, 2.75) is 26.8 Å². The number of nitrogens with one attached hydrogen (secondary N) is 2. The van der Waals surface area contributed by atoms with E-state index in [1.165, 1.54) is 0 Å². The van der Waals surface area contributed by atoms with Crippen LogP contribution < -0.4 is 20.1 Å². The summed E-state index contributed by atoms with van der Waals surface area (Å²) in [5.74, 6) is 1.18. The zero-order chi connectivity index (χ0) is 17.7. The maximum atomic E-state index is 12.4. The van der Waals surface area contributed by atoms with Crippen molar-refractivity contribution in [2.75, 3.05) is 24.9 Å². The van der Waals surface area contributed by atoms with Gasteiger partial charge in [-0.2, -0.15) is 0 Å². The van der Waals surface area contributed by atoms with Crippen molar-refractivity contribution in [2.24, 2.45) is 0 Å². The van der Waals surface area contributed by atoms with Crippen LogP contribution in [0.5, 0.6) is 11.5 Å². The first-order chi connectivity index (χ1) is 11.4. The lowest BCUT2D eigenvalue weighted by Gasteiger charge is -2.19. The van der Waals surface area contributed by atoms with Gasteiger partial charge < -0.3 is 20.1 Å². The second-order valence-electron chi connectivity index (χ2n) is 5.74. The van der Waals surface area contributed by atoms with Crippen LogP contribution in [0.1, 0.15) is 18.1 Å². The van der Waals surface area contributed by atoms with Crippen LogP contribution in [0.25, 0.3) is 0 Å². The van der Waals surface area contributed by atoms with Crippen LogP contribution in [-0.2, 0) is 4.79 Å². The van der Waals surface area contributed by atoms with Gasteiger partial charge in [0.2, 0.25) is 5.91 Å². The maximum absolute atomic E-state index is 12.4. The minimum Gasteiger partial charge on any atom is -0.493 e. The third kappa shape index (κ3) is 4.19. The van der Waals surface area contributed by atoms with Gasteiger partial charge in [-0.1, -0.05) is 17.7 Å². The van der Waals surface area contributed by atoms with Gasteiger partial charge in [-0.05, 0) is 44.5 Å². The third-order valence-corrected chi connectivity index (χ3v) is 3.81. The van der Waals surface area contributed by atoms with Gasteiger partial charge in [0, 0.05) is 17.4 Å². The number of carbonyl (C=O) groups excluding carboxylic acids is 1. The number of amides is 1. The fourth-order valence-electron chi connectivity index (χ4n) is 2.32. The largest absolute Gasteiger partial charge is 0.493 e. The highest BCUT2D eigenvalue weighted by atomic mass is 16.5. The normalized spacial score (nSPS) is 11.5. The maximum Gasteiger partial charge on any atom is 0.246 e. The van der Waals surface area contributed by atoms with Crippen LogP contribution >= 0.6 is 0 Å². The Morgan fingerprint density at radius 3 is 2.17 bits per heavy atom. The number of hydrogen-bond donors (Lipinski definition) is 2. The Morgan fingerprint density at radius 1 is 1.00 bits per heavy atom. The Bertz CT molecular complexity index is 711. The highest BCUT2D eigenvalue weighted by Gasteiger charge is 2.16. The molecular weight excluding hydrogens is 304 g/mol. The minimum atomic E-state index is -0.400. The first kappa shape index (κ1) is 17.7. The quantitative estimate of drug-likeness (QED) is 0.847. The van der Waals surface area contributed by atoms with Gasteiger partial charge in [-0.3, -0.25) is 4.79 Å². The van der Waals surface area contributed by atoms with Gasteiger partial charge >= 0.3 is 0 Å². The highest BCUT2D eigenvalue weighted by molar-refractivity contribution is 5.96. The van der Waals surface area contributed by atoms with E-state index in [9.17, 15) is 4.79 Å². The van der Waals surface area contributed by atoms with Crippen LogP contribution in [0.2, 0.25) is 0 Å². The number of carbonyl (C=O) groups is 1. The van der Waals surface area contributed by atoms with E-state index >= 15 is 0 Å². The van der Waals surface area contributed by atoms with Crippen molar-refractivity contribution in [3.8, 4) is 11.5 Å². The summed E-state index contributed by atoms with van der Waals surface area (Å²) < 4.78 is 10.6. The molecule has 2 rings (SSSR count). The average Bonchev–Trinajstić information content (AvgIpc) is 2.58. The van der Waals surface area contributed by atoms with Crippen molar-refractivity contribution in [1.29, 1.82) is 0 Å². The summed E-state index contributed by atoms with van der Waals surface area (Å²) in [6.07, 6.45) is 0. The molecule has 1 amide bonds. The summed E-state index contributed by atoms with van der Waals surface area (Å²) >= 11 is 0. The van der Waals surface area contributed by atoms with Gasteiger partial charge in [0.15, 0.2) is 11.5 Å². The van der Waals surface area contributed by atoms with E-state index in [1.807, 2.05) is 57.2 Å². The van der Waals surface area contributed by atoms with Crippen LogP contribution in [0, 0.1) is 13.8 Å². The molecule has 0 aliphatic carbocycles. The van der Waals surface area contributed by atoms with Gasteiger partial charge in [0.1, 0.15) is 6.04 Å². The first-order valence-electron chi connectivity index (χ1n) is 7.81. The Hall–Kier alpha value is -2.69. The highest BCUT2D eigenvalue weighted by Crippen LogP contribution is 2.33. The van der Waals surface area contributed by atoms with Crippen molar-refractivity contribution in [3.63, 3.8) is 0 Å². The summed E-state index contributed by atoms with van der Waals surface area (Å²) in [6, 6.07) is 11.0. The lowest BCUT2D eigenvalue weighted by atomic mass is 10.1. The molecule has 0 spiro atoms. The molecule has 128 valence electrons. The molecular formula is C19H24N2O3.